The zero-order valence-electron chi connectivity index (χ0n) is 20.6. The Morgan fingerprint density at radius 2 is 1.27 bits per heavy atom. The van der Waals surface area contributed by atoms with Crippen LogP contribution in [0, 0.1) is 46.6 Å². The smallest absolute Gasteiger partial charge is 0.144 e. The van der Waals surface area contributed by atoms with Gasteiger partial charge in [0.2, 0.25) is 0 Å². The van der Waals surface area contributed by atoms with Crippen molar-refractivity contribution in [3.05, 3.63) is 47.0 Å². The first-order valence-corrected chi connectivity index (χ1v) is 13.6. The summed E-state index contributed by atoms with van der Waals surface area (Å²) in [4.78, 5) is 0. The molecule has 0 N–H and O–H groups in total. The lowest BCUT2D eigenvalue weighted by Gasteiger charge is -2.32. The first-order chi connectivity index (χ1) is 16.1. The van der Waals surface area contributed by atoms with Crippen LogP contribution in [0.2, 0.25) is 0 Å². The summed E-state index contributed by atoms with van der Waals surface area (Å²) in [5, 5.41) is 8.81. The van der Waals surface area contributed by atoms with Crippen molar-refractivity contribution in [3.8, 4) is 6.07 Å². The largest absolute Gasteiger partial charge is 0.205 e. The van der Waals surface area contributed by atoms with Gasteiger partial charge in [0.1, 0.15) is 23.3 Å². The average molecular weight is 456 g/mol. The third-order valence-electron chi connectivity index (χ3n) is 8.44. The number of aryl methyl sites for hydroxylation is 1. The summed E-state index contributed by atoms with van der Waals surface area (Å²) in [6.45, 7) is 2.11. The molecule has 0 amide bonds. The van der Waals surface area contributed by atoms with E-state index < -0.39 is 17.2 Å². The van der Waals surface area contributed by atoms with Gasteiger partial charge in [-0.2, -0.15) is 5.26 Å². The monoisotopic (exact) mass is 455 g/mol. The molecule has 0 bridgehead atoms. The molecule has 3 heteroatoms. The fourth-order valence-electron chi connectivity index (χ4n) is 6.20. The second-order valence-electron chi connectivity index (χ2n) is 10.8. The lowest BCUT2D eigenvalue weighted by atomic mass is 9.74. The van der Waals surface area contributed by atoms with Crippen molar-refractivity contribution in [2.75, 3.05) is 0 Å². The molecule has 2 aliphatic carbocycles. The van der Waals surface area contributed by atoms with Gasteiger partial charge in [-0.15, -0.1) is 0 Å². The maximum absolute atomic E-state index is 13.8. The van der Waals surface area contributed by atoms with Crippen molar-refractivity contribution in [2.24, 2.45) is 23.7 Å². The fourth-order valence-corrected chi connectivity index (χ4v) is 6.20. The standard InChI is InChI=1S/C30H43F2N/c1-2-3-4-5-6-7-23-8-10-24(11-9-23)12-13-25-14-16-26(17-15-25)18-19-27-20-29(31)28(22-33)30(32)21-27/h2-3,20-21,23-26H,4-19H2,1H3/b3-2+. The highest BCUT2D eigenvalue weighted by Gasteiger charge is 2.25. The molecule has 0 aliphatic heterocycles. The zero-order valence-corrected chi connectivity index (χ0v) is 20.6. The van der Waals surface area contributed by atoms with Gasteiger partial charge in [0.15, 0.2) is 0 Å². The van der Waals surface area contributed by atoms with Crippen LogP contribution < -0.4 is 0 Å². The third kappa shape index (κ3) is 8.55. The molecule has 2 saturated carbocycles. The third-order valence-corrected chi connectivity index (χ3v) is 8.44. The molecule has 0 heterocycles. The van der Waals surface area contributed by atoms with Crippen LogP contribution in [-0.2, 0) is 6.42 Å². The first kappa shape index (κ1) is 25.9. The molecule has 33 heavy (non-hydrogen) atoms. The van der Waals surface area contributed by atoms with Crippen LogP contribution in [0.1, 0.15) is 114 Å². The van der Waals surface area contributed by atoms with Crippen LogP contribution in [0.25, 0.3) is 0 Å². The van der Waals surface area contributed by atoms with Gasteiger partial charge >= 0.3 is 0 Å². The van der Waals surface area contributed by atoms with Gasteiger partial charge in [-0.05, 0) is 74.0 Å². The van der Waals surface area contributed by atoms with Crippen LogP contribution in [-0.4, -0.2) is 0 Å². The number of benzene rings is 1. The quantitative estimate of drug-likeness (QED) is 0.241. The van der Waals surface area contributed by atoms with Gasteiger partial charge in [-0.3, -0.25) is 0 Å². The molecular weight excluding hydrogens is 412 g/mol. The van der Waals surface area contributed by atoms with Crippen molar-refractivity contribution >= 4 is 0 Å². The van der Waals surface area contributed by atoms with Crippen LogP contribution >= 0.6 is 0 Å². The molecule has 0 spiro atoms. The normalized spacial score (nSPS) is 25.9. The molecule has 1 nitrogen and oxygen atoms in total. The van der Waals surface area contributed by atoms with Crippen LogP contribution in [0.4, 0.5) is 8.78 Å². The van der Waals surface area contributed by atoms with E-state index in [1.807, 2.05) is 0 Å². The highest BCUT2D eigenvalue weighted by molar-refractivity contribution is 5.35. The number of nitriles is 1. The average Bonchev–Trinajstić information content (AvgIpc) is 2.82. The summed E-state index contributed by atoms with van der Waals surface area (Å²) in [6, 6.07) is 4.28. The number of unbranched alkanes of at least 4 members (excludes halogenated alkanes) is 2. The molecule has 3 rings (SSSR count). The van der Waals surface area contributed by atoms with E-state index in [0.29, 0.717) is 17.9 Å². The lowest BCUT2D eigenvalue weighted by Crippen LogP contribution is -2.18. The Hall–Kier alpha value is -1.69. The van der Waals surface area contributed by atoms with Gasteiger partial charge in [0, 0.05) is 0 Å². The maximum Gasteiger partial charge on any atom is 0.144 e. The zero-order chi connectivity index (χ0) is 23.5. The summed E-state index contributed by atoms with van der Waals surface area (Å²) in [6.07, 6.45) is 25.4. The second kappa shape index (κ2) is 13.9. The molecule has 2 aliphatic rings. The van der Waals surface area contributed by atoms with E-state index in [2.05, 4.69) is 19.1 Å². The molecule has 0 saturated heterocycles. The topological polar surface area (TPSA) is 23.8 Å². The Morgan fingerprint density at radius 1 is 0.788 bits per heavy atom. The second-order valence-corrected chi connectivity index (χ2v) is 10.8. The van der Waals surface area contributed by atoms with E-state index >= 15 is 0 Å². The van der Waals surface area contributed by atoms with Crippen molar-refractivity contribution in [1.29, 1.82) is 5.26 Å². The molecule has 0 atom stereocenters. The Balaban J connectivity index is 1.27. The number of allylic oxidation sites excluding steroid dienone is 2. The number of rotatable bonds is 11. The van der Waals surface area contributed by atoms with E-state index in [4.69, 9.17) is 5.26 Å². The Kier molecular flexibility index (Phi) is 10.9. The summed E-state index contributed by atoms with van der Waals surface area (Å²) in [5.41, 5.74) is 0.215. The molecule has 0 aromatic heterocycles. The van der Waals surface area contributed by atoms with Crippen LogP contribution in [0.3, 0.4) is 0 Å². The van der Waals surface area contributed by atoms with Gasteiger partial charge in [0.05, 0.1) is 0 Å². The van der Waals surface area contributed by atoms with Gasteiger partial charge in [0.25, 0.3) is 0 Å². The van der Waals surface area contributed by atoms with E-state index in [0.717, 1.165) is 24.2 Å². The molecule has 0 radical (unpaired) electrons. The van der Waals surface area contributed by atoms with E-state index in [9.17, 15) is 8.78 Å². The summed E-state index contributed by atoms with van der Waals surface area (Å²) < 4.78 is 27.6. The van der Waals surface area contributed by atoms with Gasteiger partial charge in [-0.1, -0.05) is 89.2 Å². The van der Waals surface area contributed by atoms with E-state index in [1.54, 1.807) is 6.07 Å². The van der Waals surface area contributed by atoms with Crippen molar-refractivity contribution < 1.29 is 8.78 Å². The summed E-state index contributed by atoms with van der Waals surface area (Å²) >= 11 is 0. The summed E-state index contributed by atoms with van der Waals surface area (Å²) in [7, 11) is 0. The minimum absolute atomic E-state index is 0.465. The Morgan fingerprint density at radius 3 is 1.76 bits per heavy atom. The van der Waals surface area contributed by atoms with Crippen molar-refractivity contribution in [3.63, 3.8) is 0 Å². The number of hydrogen-bond donors (Lipinski definition) is 0. The Bertz CT molecular complexity index is 754. The van der Waals surface area contributed by atoms with Crippen LogP contribution in [0.15, 0.2) is 24.3 Å². The molecule has 0 unspecified atom stereocenters. The molecule has 1 aromatic carbocycles. The molecule has 2 fully saturated rings. The maximum atomic E-state index is 13.8. The molecule has 1 aromatic rings. The van der Waals surface area contributed by atoms with Crippen LogP contribution in [0.5, 0.6) is 0 Å². The van der Waals surface area contributed by atoms with E-state index in [1.165, 1.54) is 102 Å². The number of halogens is 2. The minimum Gasteiger partial charge on any atom is -0.205 e. The van der Waals surface area contributed by atoms with E-state index in [-0.39, 0.29) is 0 Å². The first-order valence-electron chi connectivity index (χ1n) is 13.6. The predicted molar refractivity (Wildman–Crippen MR) is 133 cm³/mol. The SMILES string of the molecule is C/C=C/CCCCC1CCC(CCC2CCC(CCc3cc(F)c(C#N)c(F)c3)CC2)CC1. The highest BCUT2D eigenvalue weighted by atomic mass is 19.1. The van der Waals surface area contributed by atoms with Gasteiger partial charge < -0.3 is 0 Å². The van der Waals surface area contributed by atoms with Gasteiger partial charge in [-0.25, -0.2) is 8.78 Å². The molecule has 182 valence electrons. The summed E-state index contributed by atoms with van der Waals surface area (Å²) in [5.74, 6) is 2.05. The number of nitrogens with zero attached hydrogens (tertiary/aromatic N) is 1. The number of hydrogen-bond acceptors (Lipinski definition) is 1. The van der Waals surface area contributed by atoms with Crippen molar-refractivity contribution in [2.45, 2.75) is 110 Å². The Labute approximate surface area is 200 Å². The lowest BCUT2D eigenvalue weighted by molar-refractivity contribution is 0.208. The minimum atomic E-state index is -0.727. The predicted octanol–water partition coefficient (Wildman–Crippen LogP) is 9.30. The highest BCUT2D eigenvalue weighted by Crippen LogP contribution is 2.38. The fraction of sp³-hybridized carbons (Fsp3) is 0.700. The molecular formula is C30H43F2N. The van der Waals surface area contributed by atoms with Crippen molar-refractivity contribution in [1.82, 2.24) is 0 Å².